The monoisotopic (exact) mass is 321 g/mol. The topological polar surface area (TPSA) is 81.1 Å². The van der Waals surface area contributed by atoms with Gasteiger partial charge in [0.2, 0.25) is 0 Å². The number of rotatable bonds is 5. The lowest BCUT2D eigenvalue weighted by molar-refractivity contribution is 0.0888. The molecule has 3 N–H and O–H groups in total. The molecule has 1 unspecified atom stereocenters. The summed E-state index contributed by atoms with van der Waals surface area (Å²) < 4.78 is 5.25. The highest BCUT2D eigenvalue weighted by Crippen LogP contribution is 2.39. The van der Waals surface area contributed by atoms with Crippen LogP contribution in [0, 0.1) is 5.92 Å². The van der Waals surface area contributed by atoms with Crippen molar-refractivity contribution in [1.82, 2.24) is 10.5 Å². The first-order valence-corrected chi connectivity index (χ1v) is 7.17. The van der Waals surface area contributed by atoms with E-state index in [1.54, 1.807) is 6.07 Å². The number of nitrogens with two attached hydrogens (primary N) is 1. The lowest BCUT2D eigenvalue weighted by Gasteiger charge is -2.28. The van der Waals surface area contributed by atoms with Gasteiger partial charge in [-0.15, -0.1) is 12.4 Å². The summed E-state index contributed by atoms with van der Waals surface area (Å²) in [4.78, 5) is 12.3. The van der Waals surface area contributed by atoms with Crippen molar-refractivity contribution in [3.63, 3.8) is 0 Å². The van der Waals surface area contributed by atoms with Crippen LogP contribution in [0.15, 0.2) is 40.9 Å². The van der Waals surface area contributed by atoms with Gasteiger partial charge in [-0.05, 0) is 25.7 Å². The Morgan fingerprint density at radius 1 is 1.41 bits per heavy atom. The minimum Gasteiger partial charge on any atom is -0.355 e. The molecule has 1 saturated carbocycles. The summed E-state index contributed by atoms with van der Waals surface area (Å²) in [5.41, 5.74) is 6.64. The number of halogens is 1. The van der Waals surface area contributed by atoms with Gasteiger partial charge in [-0.1, -0.05) is 35.5 Å². The van der Waals surface area contributed by atoms with E-state index in [4.69, 9.17) is 10.3 Å². The molecule has 22 heavy (non-hydrogen) atoms. The Morgan fingerprint density at radius 2 is 2.09 bits per heavy atom. The maximum absolute atomic E-state index is 12.3. The molecule has 1 amide bonds. The van der Waals surface area contributed by atoms with Gasteiger partial charge in [-0.2, -0.15) is 0 Å². The van der Waals surface area contributed by atoms with E-state index in [0.717, 1.165) is 18.4 Å². The average molecular weight is 322 g/mol. The van der Waals surface area contributed by atoms with Crippen molar-refractivity contribution in [2.24, 2.45) is 11.7 Å². The highest BCUT2D eigenvalue weighted by Gasteiger charge is 2.42. The van der Waals surface area contributed by atoms with E-state index < -0.39 is 0 Å². The van der Waals surface area contributed by atoms with Gasteiger partial charge in [0.25, 0.3) is 5.91 Å². The number of benzene rings is 1. The first-order valence-electron chi connectivity index (χ1n) is 7.17. The summed E-state index contributed by atoms with van der Waals surface area (Å²) in [5, 5.41) is 6.86. The zero-order valence-electron chi connectivity index (χ0n) is 12.4. The maximum Gasteiger partial charge on any atom is 0.273 e. The van der Waals surface area contributed by atoms with Crippen LogP contribution in [-0.4, -0.2) is 23.1 Å². The predicted octanol–water partition coefficient (Wildman–Crippen LogP) is 2.62. The molecule has 2 aromatic rings. The molecular weight excluding hydrogens is 302 g/mol. The number of hydrogen-bond donors (Lipinski definition) is 2. The van der Waals surface area contributed by atoms with E-state index in [2.05, 4.69) is 10.5 Å². The zero-order valence-corrected chi connectivity index (χ0v) is 13.2. The molecule has 1 aliphatic rings. The summed E-state index contributed by atoms with van der Waals surface area (Å²) in [7, 11) is 0. The minimum atomic E-state index is -0.358. The zero-order chi connectivity index (χ0) is 14.9. The van der Waals surface area contributed by atoms with E-state index in [1.165, 1.54) is 0 Å². The fraction of sp³-hybridized carbons (Fsp3) is 0.375. The summed E-state index contributed by atoms with van der Waals surface area (Å²) in [6, 6.07) is 11.2. The van der Waals surface area contributed by atoms with Crippen LogP contribution < -0.4 is 11.1 Å². The molecule has 6 heteroatoms. The third-order valence-electron chi connectivity index (χ3n) is 4.10. The smallest absolute Gasteiger partial charge is 0.273 e. The van der Waals surface area contributed by atoms with Crippen molar-refractivity contribution in [2.75, 3.05) is 6.54 Å². The number of nitrogens with zero attached hydrogens (tertiary/aromatic N) is 1. The van der Waals surface area contributed by atoms with E-state index >= 15 is 0 Å². The summed E-state index contributed by atoms with van der Waals surface area (Å²) in [6.45, 7) is 2.41. The Kier molecular flexibility index (Phi) is 4.88. The number of nitrogens with one attached hydrogen (secondary N) is 1. The molecule has 0 radical (unpaired) electrons. The highest BCUT2D eigenvalue weighted by molar-refractivity contribution is 5.93. The Balaban J connectivity index is 0.00000176. The lowest BCUT2D eigenvalue weighted by Crippen LogP contribution is -2.53. The molecule has 0 spiro atoms. The third-order valence-corrected chi connectivity index (χ3v) is 4.10. The van der Waals surface area contributed by atoms with E-state index in [9.17, 15) is 4.79 Å². The number of aromatic nitrogens is 1. The SMILES string of the molecule is CC(CN)(NC(=O)c1cc(-c2ccccc2)on1)C1CC1.Cl. The fourth-order valence-electron chi connectivity index (χ4n) is 2.48. The van der Waals surface area contributed by atoms with Crippen molar-refractivity contribution in [3.8, 4) is 11.3 Å². The third kappa shape index (κ3) is 3.31. The second kappa shape index (κ2) is 6.50. The van der Waals surface area contributed by atoms with Gasteiger partial charge in [0.1, 0.15) is 0 Å². The fourth-order valence-corrected chi connectivity index (χ4v) is 2.48. The first-order chi connectivity index (χ1) is 10.1. The Labute approximate surface area is 135 Å². The molecule has 1 atom stereocenters. The van der Waals surface area contributed by atoms with E-state index in [1.807, 2.05) is 37.3 Å². The van der Waals surface area contributed by atoms with Crippen molar-refractivity contribution >= 4 is 18.3 Å². The Morgan fingerprint density at radius 3 is 2.68 bits per heavy atom. The van der Waals surface area contributed by atoms with Crippen LogP contribution in [0.4, 0.5) is 0 Å². The van der Waals surface area contributed by atoms with Gasteiger partial charge in [-0.25, -0.2) is 0 Å². The molecule has 118 valence electrons. The minimum absolute atomic E-state index is 0. The second-order valence-corrected chi connectivity index (χ2v) is 5.79. The second-order valence-electron chi connectivity index (χ2n) is 5.79. The summed E-state index contributed by atoms with van der Waals surface area (Å²) >= 11 is 0. The highest BCUT2D eigenvalue weighted by atomic mass is 35.5. The quantitative estimate of drug-likeness (QED) is 0.887. The van der Waals surface area contributed by atoms with Crippen LogP contribution in [-0.2, 0) is 0 Å². The molecule has 3 rings (SSSR count). The molecule has 0 bridgehead atoms. The molecule has 1 aromatic carbocycles. The van der Waals surface area contributed by atoms with E-state index in [0.29, 0.717) is 18.2 Å². The maximum atomic E-state index is 12.3. The van der Waals surface area contributed by atoms with Crippen LogP contribution in [0.2, 0.25) is 0 Å². The van der Waals surface area contributed by atoms with Crippen LogP contribution in [0.5, 0.6) is 0 Å². The molecule has 1 heterocycles. The molecule has 1 fully saturated rings. The molecule has 5 nitrogen and oxygen atoms in total. The Hall–Kier alpha value is -1.85. The number of carbonyl (C=O) groups excluding carboxylic acids is 1. The van der Waals surface area contributed by atoms with Gasteiger partial charge in [0.15, 0.2) is 11.5 Å². The normalized spacial score (nSPS) is 16.5. The van der Waals surface area contributed by atoms with Crippen molar-refractivity contribution in [3.05, 3.63) is 42.1 Å². The van der Waals surface area contributed by atoms with Gasteiger partial charge in [0.05, 0.1) is 5.54 Å². The van der Waals surface area contributed by atoms with Crippen molar-refractivity contribution < 1.29 is 9.32 Å². The lowest BCUT2D eigenvalue weighted by atomic mass is 9.96. The van der Waals surface area contributed by atoms with Crippen LogP contribution >= 0.6 is 12.4 Å². The predicted molar refractivity (Wildman–Crippen MR) is 86.8 cm³/mol. The molecule has 0 saturated heterocycles. The molecular formula is C16H20ClN3O2. The first kappa shape index (κ1) is 16.5. The van der Waals surface area contributed by atoms with Gasteiger partial charge >= 0.3 is 0 Å². The molecule has 1 aliphatic carbocycles. The van der Waals surface area contributed by atoms with E-state index in [-0.39, 0.29) is 29.5 Å². The summed E-state index contributed by atoms with van der Waals surface area (Å²) in [5.74, 6) is 0.814. The van der Waals surface area contributed by atoms with Crippen molar-refractivity contribution in [1.29, 1.82) is 0 Å². The van der Waals surface area contributed by atoms with Crippen LogP contribution in [0.3, 0.4) is 0 Å². The van der Waals surface area contributed by atoms with Crippen molar-refractivity contribution in [2.45, 2.75) is 25.3 Å². The van der Waals surface area contributed by atoms with Gasteiger partial charge in [-0.3, -0.25) is 4.79 Å². The largest absolute Gasteiger partial charge is 0.355 e. The number of hydrogen-bond acceptors (Lipinski definition) is 4. The van der Waals surface area contributed by atoms with Gasteiger partial charge in [0, 0.05) is 18.2 Å². The molecule has 1 aromatic heterocycles. The Bertz CT molecular complexity index is 640. The van der Waals surface area contributed by atoms with Gasteiger partial charge < -0.3 is 15.6 Å². The van der Waals surface area contributed by atoms with Crippen LogP contribution in [0.1, 0.15) is 30.3 Å². The van der Waals surface area contributed by atoms with Crippen LogP contribution in [0.25, 0.3) is 11.3 Å². The summed E-state index contributed by atoms with van der Waals surface area (Å²) in [6.07, 6.45) is 2.23. The number of amides is 1. The average Bonchev–Trinajstić information content (AvgIpc) is 3.26. The molecule has 0 aliphatic heterocycles. The number of carbonyl (C=O) groups is 1. The standard InChI is InChI=1S/C16H19N3O2.ClH/c1-16(10-17,12-7-8-12)18-15(20)13-9-14(21-19-13)11-5-3-2-4-6-11;/h2-6,9,12H,7-8,10,17H2,1H3,(H,18,20);1H.